The summed E-state index contributed by atoms with van der Waals surface area (Å²) in [6.07, 6.45) is 1.06. The summed E-state index contributed by atoms with van der Waals surface area (Å²) in [6.45, 7) is 5.42. The van der Waals surface area contributed by atoms with Crippen LogP contribution in [0.5, 0.6) is 0 Å². The molecule has 1 amide bonds. The first-order valence-electron chi connectivity index (χ1n) is 6.42. The zero-order valence-electron chi connectivity index (χ0n) is 12.1. The Balaban J connectivity index is 2.14. The molecule has 110 valence electrons. The number of anilines is 1. The van der Waals surface area contributed by atoms with Crippen molar-refractivity contribution in [2.75, 3.05) is 5.32 Å². The number of rotatable bonds is 2. The van der Waals surface area contributed by atoms with Gasteiger partial charge in [0.05, 0.1) is 0 Å². The molecule has 0 spiro atoms. The van der Waals surface area contributed by atoms with Gasteiger partial charge in [0.1, 0.15) is 11.4 Å². The van der Waals surface area contributed by atoms with Gasteiger partial charge < -0.3 is 4.74 Å². The van der Waals surface area contributed by atoms with Crippen LogP contribution in [-0.4, -0.2) is 21.7 Å². The summed E-state index contributed by atoms with van der Waals surface area (Å²) in [4.78, 5) is 20.2. The molecule has 0 saturated heterocycles. The summed E-state index contributed by atoms with van der Waals surface area (Å²) >= 11 is 3.38. The van der Waals surface area contributed by atoms with E-state index in [2.05, 4.69) is 31.2 Å². The fourth-order valence-corrected chi connectivity index (χ4v) is 1.84. The maximum absolute atomic E-state index is 11.7. The standard InChI is InChI=1S/C15H16BrN3O2/c1-15(2,3)21-14(20)19-12-8-9-17-13(18-12)10-4-6-11(16)7-5-10/h4-9H,1-3H3,(H,17,18,19,20). The predicted molar refractivity (Wildman–Crippen MR) is 85.0 cm³/mol. The quantitative estimate of drug-likeness (QED) is 0.879. The van der Waals surface area contributed by atoms with Gasteiger partial charge in [0.15, 0.2) is 5.82 Å². The number of benzene rings is 1. The van der Waals surface area contributed by atoms with E-state index >= 15 is 0 Å². The molecular formula is C15H16BrN3O2. The topological polar surface area (TPSA) is 64.1 Å². The lowest BCUT2D eigenvalue weighted by atomic mass is 10.2. The van der Waals surface area contributed by atoms with Crippen LogP contribution in [0.2, 0.25) is 0 Å². The van der Waals surface area contributed by atoms with E-state index < -0.39 is 11.7 Å². The van der Waals surface area contributed by atoms with Crippen molar-refractivity contribution in [1.82, 2.24) is 9.97 Å². The summed E-state index contributed by atoms with van der Waals surface area (Å²) in [7, 11) is 0. The Labute approximate surface area is 131 Å². The highest BCUT2D eigenvalue weighted by Crippen LogP contribution is 2.19. The summed E-state index contributed by atoms with van der Waals surface area (Å²) in [5.41, 5.74) is 0.317. The summed E-state index contributed by atoms with van der Waals surface area (Å²) in [5.74, 6) is 0.938. The van der Waals surface area contributed by atoms with Gasteiger partial charge in [-0.05, 0) is 39.0 Å². The molecular weight excluding hydrogens is 334 g/mol. The highest BCUT2D eigenvalue weighted by Gasteiger charge is 2.16. The Morgan fingerprint density at radius 2 is 1.86 bits per heavy atom. The first-order chi connectivity index (χ1) is 9.83. The molecule has 0 fully saturated rings. The van der Waals surface area contributed by atoms with Crippen LogP contribution in [0.25, 0.3) is 11.4 Å². The Hall–Kier alpha value is -1.95. The molecule has 1 aromatic carbocycles. The van der Waals surface area contributed by atoms with E-state index in [1.165, 1.54) is 0 Å². The third kappa shape index (κ3) is 4.82. The molecule has 1 N–H and O–H groups in total. The Morgan fingerprint density at radius 3 is 2.48 bits per heavy atom. The average molecular weight is 350 g/mol. The summed E-state index contributed by atoms with van der Waals surface area (Å²) < 4.78 is 6.17. The molecule has 21 heavy (non-hydrogen) atoms. The molecule has 1 heterocycles. The van der Waals surface area contributed by atoms with Gasteiger partial charge in [-0.15, -0.1) is 0 Å². The van der Waals surface area contributed by atoms with Gasteiger partial charge in [-0.2, -0.15) is 0 Å². The van der Waals surface area contributed by atoms with Crippen molar-refractivity contribution in [3.63, 3.8) is 0 Å². The van der Waals surface area contributed by atoms with Crippen LogP contribution in [0.4, 0.5) is 10.6 Å². The van der Waals surface area contributed by atoms with Gasteiger partial charge in [0.25, 0.3) is 0 Å². The molecule has 0 unspecified atom stereocenters. The minimum atomic E-state index is -0.550. The minimum absolute atomic E-state index is 0.400. The second-order valence-electron chi connectivity index (χ2n) is 5.40. The van der Waals surface area contributed by atoms with E-state index in [9.17, 15) is 4.79 Å². The number of amides is 1. The molecule has 0 bridgehead atoms. The first kappa shape index (κ1) is 15.4. The fraction of sp³-hybridized carbons (Fsp3) is 0.267. The molecule has 5 nitrogen and oxygen atoms in total. The van der Waals surface area contributed by atoms with Gasteiger partial charge in [-0.3, -0.25) is 5.32 Å². The van der Waals surface area contributed by atoms with E-state index in [4.69, 9.17) is 4.74 Å². The largest absolute Gasteiger partial charge is 0.444 e. The van der Waals surface area contributed by atoms with Crippen molar-refractivity contribution >= 4 is 27.8 Å². The number of nitrogens with zero attached hydrogens (tertiary/aromatic N) is 2. The summed E-state index contributed by atoms with van der Waals surface area (Å²) in [5, 5.41) is 2.60. The molecule has 0 aliphatic heterocycles. The molecule has 0 aliphatic rings. The van der Waals surface area contributed by atoms with E-state index in [-0.39, 0.29) is 0 Å². The minimum Gasteiger partial charge on any atom is -0.444 e. The SMILES string of the molecule is CC(C)(C)OC(=O)Nc1ccnc(-c2ccc(Br)cc2)n1. The number of aromatic nitrogens is 2. The van der Waals surface area contributed by atoms with E-state index in [1.54, 1.807) is 33.0 Å². The van der Waals surface area contributed by atoms with Crippen LogP contribution >= 0.6 is 15.9 Å². The second kappa shape index (κ2) is 6.22. The number of hydrogen-bond donors (Lipinski definition) is 1. The highest BCUT2D eigenvalue weighted by atomic mass is 79.9. The fourth-order valence-electron chi connectivity index (χ4n) is 1.57. The lowest BCUT2D eigenvalue weighted by Gasteiger charge is -2.19. The van der Waals surface area contributed by atoms with Gasteiger partial charge in [-0.1, -0.05) is 28.1 Å². The van der Waals surface area contributed by atoms with Crippen LogP contribution in [0, 0.1) is 0 Å². The molecule has 0 radical (unpaired) electrons. The van der Waals surface area contributed by atoms with Crippen molar-refractivity contribution in [2.24, 2.45) is 0 Å². The normalized spacial score (nSPS) is 11.0. The third-order valence-corrected chi connectivity index (χ3v) is 2.92. The average Bonchev–Trinajstić information content (AvgIpc) is 2.37. The van der Waals surface area contributed by atoms with Crippen molar-refractivity contribution in [1.29, 1.82) is 0 Å². The van der Waals surface area contributed by atoms with E-state index in [1.807, 2.05) is 24.3 Å². The van der Waals surface area contributed by atoms with Crippen LogP contribution in [-0.2, 0) is 4.74 Å². The van der Waals surface area contributed by atoms with E-state index in [0.29, 0.717) is 11.6 Å². The zero-order valence-corrected chi connectivity index (χ0v) is 13.6. The van der Waals surface area contributed by atoms with E-state index in [0.717, 1.165) is 10.0 Å². The number of ether oxygens (including phenoxy) is 1. The molecule has 6 heteroatoms. The van der Waals surface area contributed by atoms with Crippen LogP contribution in [0.3, 0.4) is 0 Å². The lowest BCUT2D eigenvalue weighted by Crippen LogP contribution is -2.27. The maximum atomic E-state index is 11.7. The number of carbonyl (C=O) groups is 1. The molecule has 2 rings (SSSR count). The van der Waals surface area contributed by atoms with Gasteiger partial charge in [0, 0.05) is 16.2 Å². The first-order valence-corrected chi connectivity index (χ1v) is 7.22. The zero-order chi connectivity index (χ0) is 15.5. The highest BCUT2D eigenvalue weighted by molar-refractivity contribution is 9.10. The second-order valence-corrected chi connectivity index (χ2v) is 6.31. The molecule has 0 aliphatic carbocycles. The predicted octanol–water partition coefficient (Wildman–Crippen LogP) is 4.25. The monoisotopic (exact) mass is 349 g/mol. The number of halogens is 1. The van der Waals surface area contributed by atoms with Crippen molar-refractivity contribution in [3.8, 4) is 11.4 Å². The van der Waals surface area contributed by atoms with Gasteiger partial charge in [-0.25, -0.2) is 14.8 Å². The molecule has 2 aromatic rings. The van der Waals surface area contributed by atoms with Crippen molar-refractivity contribution in [3.05, 3.63) is 41.0 Å². The lowest BCUT2D eigenvalue weighted by molar-refractivity contribution is 0.0635. The molecule has 0 saturated carbocycles. The number of hydrogen-bond acceptors (Lipinski definition) is 4. The Morgan fingerprint density at radius 1 is 1.19 bits per heavy atom. The smallest absolute Gasteiger partial charge is 0.413 e. The van der Waals surface area contributed by atoms with Crippen molar-refractivity contribution < 1.29 is 9.53 Å². The van der Waals surface area contributed by atoms with Crippen LogP contribution in [0.15, 0.2) is 41.0 Å². The maximum Gasteiger partial charge on any atom is 0.413 e. The summed E-state index contributed by atoms with van der Waals surface area (Å²) in [6, 6.07) is 9.24. The van der Waals surface area contributed by atoms with Crippen LogP contribution < -0.4 is 5.32 Å². The molecule has 1 aromatic heterocycles. The third-order valence-electron chi connectivity index (χ3n) is 2.39. The Bertz CT molecular complexity index is 636. The number of carbonyl (C=O) groups excluding carboxylic acids is 1. The number of nitrogens with one attached hydrogen (secondary N) is 1. The van der Waals surface area contributed by atoms with Crippen LogP contribution in [0.1, 0.15) is 20.8 Å². The van der Waals surface area contributed by atoms with Gasteiger partial charge >= 0.3 is 6.09 Å². The molecule has 0 atom stereocenters. The van der Waals surface area contributed by atoms with Crippen molar-refractivity contribution in [2.45, 2.75) is 26.4 Å². The Kier molecular flexibility index (Phi) is 4.57. The van der Waals surface area contributed by atoms with Gasteiger partial charge in [0.2, 0.25) is 0 Å².